The van der Waals surface area contributed by atoms with Crippen LogP contribution in [0.2, 0.25) is 0 Å². The average Bonchev–Trinajstić information content (AvgIpc) is 2.28. The van der Waals surface area contributed by atoms with Gasteiger partial charge < -0.3 is 10.1 Å². The van der Waals surface area contributed by atoms with Gasteiger partial charge in [0, 0.05) is 11.4 Å². The highest BCUT2D eigenvalue weighted by Crippen LogP contribution is 2.30. The SMILES string of the molecule is C=C(CC(=O)OC)Nc1ccc(C(F)(F)F)cc1. The molecule has 0 atom stereocenters. The van der Waals surface area contributed by atoms with Gasteiger partial charge in [0.2, 0.25) is 0 Å². The van der Waals surface area contributed by atoms with Gasteiger partial charge in [0.1, 0.15) is 0 Å². The number of carbonyl (C=O) groups is 1. The van der Waals surface area contributed by atoms with Crippen molar-refractivity contribution in [1.82, 2.24) is 0 Å². The number of carbonyl (C=O) groups excluding carboxylic acids is 1. The fraction of sp³-hybridized carbons (Fsp3) is 0.250. The lowest BCUT2D eigenvalue weighted by Crippen LogP contribution is -2.08. The average molecular weight is 259 g/mol. The number of benzene rings is 1. The molecule has 1 aromatic carbocycles. The van der Waals surface area contributed by atoms with Crippen molar-refractivity contribution in [3.63, 3.8) is 0 Å². The summed E-state index contributed by atoms with van der Waals surface area (Å²) in [7, 11) is 1.24. The van der Waals surface area contributed by atoms with Crippen LogP contribution in [-0.4, -0.2) is 13.1 Å². The highest BCUT2D eigenvalue weighted by molar-refractivity contribution is 5.73. The number of rotatable bonds is 4. The summed E-state index contributed by atoms with van der Waals surface area (Å²) >= 11 is 0. The van der Waals surface area contributed by atoms with Crippen molar-refractivity contribution in [3.8, 4) is 0 Å². The summed E-state index contributed by atoms with van der Waals surface area (Å²) in [4.78, 5) is 10.9. The molecular weight excluding hydrogens is 247 g/mol. The van der Waals surface area contributed by atoms with E-state index in [9.17, 15) is 18.0 Å². The molecule has 0 unspecified atom stereocenters. The maximum Gasteiger partial charge on any atom is 0.416 e. The van der Waals surface area contributed by atoms with Gasteiger partial charge in [0.05, 0.1) is 19.1 Å². The van der Waals surface area contributed by atoms with E-state index in [2.05, 4.69) is 16.6 Å². The zero-order valence-corrected chi connectivity index (χ0v) is 9.67. The summed E-state index contributed by atoms with van der Waals surface area (Å²) in [6.45, 7) is 3.57. The lowest BCUT2D eigenvalue weighted by Gasteiger charge is -2.10. The first kappa shape index (κ1) is 14.1. The number of halogens is 3. The first-order chi connectivity index (χ1) is 8.32. The maximum atomic E-state index is 12.3. The van der Waals surface area contributed by atoms with Crippen molar-refractivity contribution in [2.75, 3.05) is 12.4 Å². The molecule has 0 saturated carbocycles. The topological polar surface area (TPSA) is 38.3 Å². The van der Waals surface area contributed by atoms with Crippen LogP contribution in [0.5, 0.6) is 0 Å². The molecule has 0 heterocycles. The lowest BCUT2D eigenvalue weighted by atomic mass is 10.2. The first-order valence-corrected chi connectivity index (χ1v) is 5.02. The predicted octanol–water partition coefficient (Wildman–Crippen LogP) is 3.19. The van der Waals surface area contributed by atoms with E-state index in [0.717, 1.165) is 12.1 Å². The van der Waals surface area contributed by atoms with Gasteiger partial charge in [-0.1, -0.05) is 6.58 Å². The zero-order valence-electron chi connectivity index (χ0n) is 9.67. The van der Waals surface area contributed by atoms with E-state index in [0.29, 0.717) is 11.4 Å². The zero-order chi connectivity index (χ0) is 13.8. The van der Waals surface area contributed by atoms with Crippen LogP contribution in [0, 0.1) is 0 Å². The van der Waals surface area contributed by atoms with Crippen LogP contribution in [0.15, 0.2) is 36.5 Å². The van der Waals surface area contributed by atoms with Gasteiger partial charge >= 0.3 is 12.1 Å². The molecule has 0 saturated heterocycles. The number of nitrogens with one attached hydrogen (secondary N) is 1. The molecule has 0 amide bonds. The van der Waals surface area contributed by atoms with Crippen molar-refractivity contribution in [2.24, 2.45) is 0 Å². The molecule has 0 radical (unpaired) electrons. The van der Waals surface area contributed by atoms with Crippen molar-refractivity contribution < 1.29 is 22.7 Å². The molecule has 3 nitrogen and oxygen atoms in total. The third-order valence-corrected chi connectivity index (χ3v) is 2.12. The lowest BCUT2D eigenvalue weighted by molar-refractivity contribution is -0.140. The molecule has 0 aliphatic heterocycles. The largest absolute Gasteiger partial charge is 0.469 e. The van der Waals surface area contributed by atoms with Crippen molar-refractivity contribution >= 4 is 11.7 Å². The third-order valence-electron chi connectivity index (χ3n) is 2.12. The van der Waals surface area contributed by atoms with Gasteiger partial charge in [-0.05, 0) is 24.3 Å². The molecule has 98 valence electrons. The molecule has 18 heavy (non-hydrogen) atoms. The van der Waals surface area contributed by atoms with E-state index in [1.54, 1.807) is 0 Å². The highest BCUT2D eigenvalue weighted by atomic mass is 19.4. The molecule has 0 aliphatic rings. The van der Waals surface area contributed by atoms with Gasteiger partial charge in [0.15, 0.2) is 0 Å². The van der Waals surface area contributed by atoms with Crippen LogP contribution >= 0.6 is 0 Å². The number of esters is 1. The van der Waals surface area contributed by atoms with E-state index in [-0.39, 0.29) is 6.42 Å². The summed E-state index contributed by atoms with van der Waals surface area (Å²) < 4.78 is 41.3. The Morgan fingerprint density at radius 2 is 1.89 bits per heavy atom. The summed E-state index contributed by atoms with van der Waals surface area (Å²) in [6.07, 6.45) is -4.40. The highest BCUT2D eigenvalue weighted by Gasteiger charge is 2.29. The fourth-order valence-corrected chi connectivity index (χ4v) is 1.24. The predicted molar refractivity (Wildman–Crippen MR) is 60.8 cm³/mol. The Balaban J connectivity index is 2.64. The fourth-order valence-electron chi connectivity index (χ4n) is 1.24. The van der Waals surface area contributed by atoms with Crippen LogP contribution in [0.3, 0.4) is 0 Å². The maximum absolute atomic E-state index is 12.3. The quantitative estimate of drug-likeness (QED) is 0.844. The molecular formula is C12H12F3NO2. The molecule has 1 aromatic rings. The molecule has 0 aromatic heterocycles. The normalized spacial score (nSPS) is 10.9. The summed E-state index contributed by atoms with van der Waals surface area (Å²) in [5.41, 5.74) is 0.0464. The number of anilines is 1. The van der Waals surface area contributed by atoms with Crippen LogP contribution in [0.1, 0.15) is 12.0 Å². The van der Waals surface area contributed by atoms with Crippen LogP contribution in [0.25, 0.3) is 0 Å². The monoisotopic (exact) mass is 259 g/mol. The molecule has 0 bridgehead atoms. The first-order valence-electron chi connectivity index (χ1n) is 5.02. The van der Waals surface area contributed by atoms with Gasteiger partial charge in [-0.15, -0.1) is 0 Å². The minimum absolute atomic E-state index is 0.0441. The van der Waals surface area contributed by atoms with E-state index in [1.165, 1.54) is 19.2 Å². The standard InChI is InChI=1S/C12H12F3NO2/c1-8(7-11(17)18-2)16-10-5-3-9(4-6-10)12(13,14)15/h3-6,16H,1,7H2,2H3. The Morgan fingerprint density at radius 1 is 1.33 bits per heavy atom. The smallest absolute Gasteiger partial charge is 0.416 e. The van der Waals surface area contributed by atoms with Gasteiger partial charge in [-0.2, -0.15) is 13.2 Å². The Labute approximate surface area is 102 Å². The summed E-state index contributed by atoms with van der Waals surface area (Å²) in [5, 5.41) is 2.72. The van der Waals surface area contributed by atoms with Gasteiger partial charge in [-0.3, -0.25) is 4.79 Å². The minimum Gasteiger partial charge on any atom is -0.469 e. The van der Waals surface area contributed by atoms with Crippen molar-refractivity contribution in [3.05, 3.63) is 42.1 Å². The molecule has 0 fully saturated rings. The number of methoxy groups -OCH3 is 1. The molecule has 1 N–H and O–H groups in total. The Bertz CT molecular complexity index is 438. The van der Waals surface area contributed by atoms with Crippen LogP contribution in [0.4, 0.5) is 18.9 Å². The van der Waals surface area contributed by atoms with Gasteiger partial charge in [0.25, 0.3) is 0 Å². The molecule has 6 heteroatoms. The number of hydrogen-bond donors (Lipinski definition) is 1. The van der Waals surface area contributed by atoms with E-state index < -0.39 is 17.7 Å². The van der Waals surface area contributed by atoms with Crippen molar-refractivity contribution in [1.29, 1.82) is 0 Å². The van der Waals surface area contributed by atoms with Crippen LogP contribution < -0.4 is 5.32 Å². The third kappa shape index (κ3) is 4.12. The summed E-state index contributed by atoms with van der Waals surface area (Å²) in [6, 6.07) is 4.44. The molecule has 0 aliphatic carbocycles. The van der Waals surface area contributed by atoms with E-state index in [1.807, 2.05) is 0 Å². The number of ether oxygens (including phenoxy) is 1. The van der Waals surface area contributed by atoms with Gasteiger partial charge in [-0.25, -0.2) is 0 Å². The summed E-state index contributed by atoms with van der Waals surface area (Å²) in [5.74, 6) is -0.473. The Hall–Kier alpha value is -1.98. The second kappa shape index (κ2) is 5.57. The molecule has 1 rings (SSSR count). The Kier molecular flexibility index (Phi) is 4.36. The Morgan fingerprint density at radius 3 is 2.33 bits per heavy atom. The minimum atomic E-state index is -4.36. The van der Waals surface area contributed by atoms with E-state index >= 15 is 0 Å². The van der Waals surface area contributed by atoms with Crippen molar-refractivity contribution in [2.45, 2.75) is 12.6 Å². The van der Waals surface area contributed by atoms with Crippen LogP contribution in [-0.2, 0) is 15.7 Å². The molecule has 0 spiro atoms. The number of hydrogen-bond acceptors (Lipinski definition) is 3. The second-order valence-corrected chi connectivity index (χ2v) is 3.56. The second-order valence-electron chi connectivity index (χ2n) is 3.56. The van der Waals surface area contributed by atoms with E-state index in [4.69, 9.17) is 0 Å². The number of alkyl halides is 3.